The molecule has 0 unspecified atom stereocenters. The lowest BCUT2D eigenvalue weighted by molar-refractivity contribution is -0.143. The van der Waals surface area contributed by atoms with Gasteiger partial charge in [-0.05, 0) is 75.7 Å². The highest BCUT2D eigenvalue weighted by Crippen LogP contribution is 2.12. The van der Waals surface area contributed by atoms with Gasteiger partial charge in [-0.25, -0.2) is 4.79 Å². The number of unbranched alkanes of at least 4 members (excludes halogenated alkanes) is 1. The summed E-state index contributed by atoms with van der Waals surface area (Å²) in [4.78, 5) is 143. The number of aliphatic hydroxyl groups excluding tert-OH is 2. The smallest absolute Gasteiger partial charge is 0.326 e. The van der Waals surface area contributed by atoms with E-state index in [1.165, 1.54) is 6.92 Å². The number of amides is 10. The maximum absolute atomic E-state index is 13.7. The summed E-state index contributed by atoms with van der Waals surface area (Å²) in [6.07, 6.45) is -0.743. The first-order chi connectivity index (χ1) is 33.1. The molecule has 26 nitrogen and oxygen atoms in total. The molecule has 0 aromatic rings. The van der Waals surface area contributed by atoms with Crippen molar-refractivity contribution in [1.29, 1.82) is 0 Å². The number of hydrogen-bond donors (Lipinski definition) is 15. The summed E-state index contributed by atoms with van der Waals surface area (Å²) in [5, 5.41) is 51.3. The van der Waals surface area contributed by atoms with Gasteiger partial charge in [0.15, 0.2) is 0 Å². The molecule has 18 N–H and O–H groups in total. The van der Waals surface area contributed by atoms with E-state index in [4.69, 9.17) is 17.2 Å². The predicted molar refractivity (Wildman–Crippen MR) is 258 cm³/mol. The molecule has 10 amide bonds. The number of hydrogen-bond acceptors (Lipinski definition) is 15. The summed E-state index contributed by atoms with van der Waals surface area (Å²) >= 11 is 0. The predicted octanol–water partition coefficient (Wildman–Crippen LogP) is -4.41. The van der Waals surface area contributed by atoms with Crippen LogP contribution < -0.4 is 65.1 Å². The first-order valence-corrected chi connectivity index (χ1v) is 24.0. The van der Waals surface area contributed by atoms with E-state index in [2.05, 4.69) is 47.9 Å². The summed E-state index contributed by atoms with van der Waals surface area (Å²) in [6, 6.07) is -10.6. The lowest BCUT2D eigenvalue weighted by Gasteiger charge is -2.28. The van der Waals surface area contributed by atoms with Gasteiger partial charge >= 0.3 is 5.97 Å². The maximum atomic E-state index is 13.7. The molecule has 71 heavy (non-hydrogen) atoms. The summed E-state index contributed by atoms with van der Waals surface area (Å²) < 4.78 is 0. The molecule has 0 spiro atoms. The fraction of sp³-hybridized carbons (Fsp3) is 0.756. The third kappa shape index (κ3) is 25.6. The van der Waals surface area contributed by atoms with Gasteiger partial charge in [0.25, 0.3) is 0 Å². The molecule has 0 rings (SSSR count). The van der Waals surface area contributed by atoms with Crippen molar-refractivity contribution >= 4 is 65.0 Å². The van der Waals surface area contributed by atoms with E-state index < -0.39 is 151 Å². The van der Waals surface area contributed by atoms with E-state index in [9.17, 15) is 68.1 Å². The van der Waals surface area contributed by atoms with Crippen molar-refractivity contribution in [2.45, 2.75) is 168 Å². The standard InChI is InChI=1S/C45H82N12O14/c1-10-25(8)36(43(68)57-37(26(9)59)44(69)52-29(45(70)71)13-11-12-16-46)55-34(62)20-50-39(64)30(17-22(2)3)53-41(66)28(14-15-32(48)60)51-33(61)19-49-40(65)31(18-23(4)5)54-42(67)35(24(6)7)56-38(63)27(47)21-58/h22-31,35-37,58-59H,10-21,46-47H2,1-9H3,(H2,48,60)(H,49,65)(H,50,64)(H,51,61)(H,52,69)(H,53,66)(H,54,67)(H,55,62)(H,56,63)(H,57,68)(H,70,71)/t25-,26+,27-,28-,29-,30-,31-,35-,36-,37-/m0/s1. The zero-order valence-electron chi connectivity index (χ0n) is 42.6. The Balaban J connectivity index is 6.03. The lowest BCUT2D eigenvalue weighted by Crippen LogP contribution is -2.60. The van der Waals surface area contributed by atoms with Gasteiger partial charge in [-0.2, -0.15) is 0 Å². The molecule has 10 atom stereocenters. The summed E-state index contributed by atoms with van der Waals surface area (Å²) in [5.41, 5.74) is 16.4. The van der Waals surface area contributed by atoms with E-state index in [1.54, 1.807) is 55.4 Å². The fourth-order valence-corrected chi connectivity index (χ4v) is 6.79. The van der Waals surface area contributed by atoms with Crippen molar-refractivity contribution in [1.82, 2.24) is 47.9 Å². The lowest BCUT2D eigenvalue weighted by atomic mass is 9.97. The van der Waals surface area contributed by atoms with Crippen LogP contribution in [0.2, 0.25) is 0 Å². The molecule has 26 heteroatoms. The van der Waals surface area contributed by atoms with Crippen LogP contribution in [0, 0.1) is 23.7 Å². The molecule has 0 aromatic carbocycles. The third-order valence-corrected chi connectivity index (χ3v) is 11.1. The molecule has 0 radical (unpaired) electrons. The molecule has 0 aliphatic rings. The Hall–Kier alpha value is -5.99. The number of carboxylic acids is 1. The second kappa shape index (κ2) is 33.6. The van der Waals surface area contributed by atoms with Gasteiger partial charge in [0.2, 0.25) is 59.1 Å². The Morgan fingerprint density at radius 3 is 1.44 bits per heavy atom. The number of rotatable bonds is 35. The highest BCUT2D eigenvalue weighted by atomic mass is 16.4. The molecule has 406 valence electrons. The maximum Gasteiger partial charge on any atom is 0.326 e. The molecule has 0 saturated heterocycles. The molecular weight excluding hydrogens is 933 g/mol. The Morgan fingerprint density at radius 1 is 0.535 bits per heavy atom. The largest absolute Gasteiger partial charge is 0.480 e. The molecule has 0 heterocycles. The summed E-state index contributed by atoms with van der Waals surface area (Å²) in [6.45, 7) is 13.2. The minimum atomic E-state index is -1.61. The van der Waals surface area contributed by atoms with E-state index in [1.807, 2.05) is 0 Å². The highest BCUT2D eigenvalue weighted by molar-refractivity contribution is 5.97. The Kier molecular flexibility index (Phi) is 30.7. The number of carbonyl (C=O) groups is 11. The monoisotopic (exact) mass is 1010 g/mol. The zero-order valence-corrected chi connectivity index (χ0v) is 42.6. The number of nitrogens with two attached hydrogens (primary N) is 3. The number of nitrogens with one attached hydrogen (secondary N) is 9. The van der Waals surface area contributed by atoms with Crippen molar-refractivity contribution in [2.75, 3.05) is 26.2 Å². The summed E-state index contributed by atoms with van der Waals surface area (Å²) in [5.74, 6) is -11.1. The van der Waals surface area contributed by atoms with Gasteiger partial charge in [0, 0.05) is 6.42 Å². The zero-order chi connectivity index (χ0) is 54.7. The van der Waals surface area contributed by atoms with Gasteiger partial charge in [-0.1, -0.05) is 61.8 Å². The van der Waals surface area contributed by atoms with E-state index in [0.717, 1.165) is 0 Å². The van der Waals surface area contributed by atoms with Crippen LogP contribution in [0.1, 0.15) is 114 Å². The van der Waals surface area contributed by atoms with Crippen LogP contribution in [0.15, 0.2) is 0 Å². The van der Waals surface area contributed by atoms with Crippen LogP contribution in [-0.2, 0) is 52.7 Å². The van der Waals surface area contributed by atoms with Crippen molar-refractivity contribution in [3.05, 3.63) is 0 Å². The van der Waals surface area contributed by atoms with Gasteiger partial charge in [-0.15, -0.1) is 0 Å². The molecule has 0 fully saturated rings. The second-order valence-corrected chi connectivity index (χ2v) is 18.8. The minimum Gasteiger partial charge on any atom is -0.480 e. The van der Waals surface area contributed by atoms with Crippen LogP contribution in [0.5, 0.6) is 0 Å². The van der Waals surface area contributed by atoms with E-state index >= 15 is 0 Å². The quantitative estimate of drug-likeness (QED) is 0.0267. The topological polar surface area (TPSA) is 435 Å². The van der Waals surface area contributed by atoms with E-state index in [-0.39, 0.29) is 43.9 Å². The highest BCUT2D eigenvalue weighted by Gasteiger charge is 2.35. The molecular formula is C45H82N12O14. The average molecular weight is 1020 g/mol. The van der Waals surface area contributed by atoms with Crippen molar-refractivity contribution in [3.8, 4) is 0 Å². The SMILES string of the molecule is CC[C@H](C)[C@H](NC(=O)CNC(=O)[C@H](CC(C)C)NC(=O)[C@H](CCC(N)=O)NC(=O)CNC(=O)[C@H](CC(C)C)NC(=O)[C@@H](NC(=O)[C@@H](N)CO)C(C)C)C(=O)N[C@H](C(=O)N[C@@H](CCCCN)C(=O)O)[C@@H](C)O. The Labute approximate surface area is 415 Å². The molecule has 0 aliphatic heterocycles. The molecule has 0 aliphatic carbocycles. The normalized spacial score (nSPS) is 15.5. The molecule has 0 aromatic heterocycles. The first-order valence-electron chi connectivity index (χ1n) is 24.0. The van der Waals surface area contributed by atoms with Crippen molar-refractivity contribution in [3.63, 3.8) is 0 Å². The van der Waals surface area contributed by atoms with Crippen LogP contribution in [-0.4, -0.2) is 161 Å². The number of carbonyl (C=O) groups excluding carboxylic acids is 10. The minimum absolute atomic E-state index is 0.0285. The van der Waals surface area contributed by atoms with Crippen LogP contribution in [0.25, 0.3) is 0 Å². The first kappa shape index (κ1) is 65.0. The van der Waals surface area contributed by atoms with Gasteiger partial charge < -0.3 is 80.4 Å². The number of carboxylic acid groups (broad SMARTS) is 1. The van der Waals surface area contributed by atoms with Crippen LogP contribution in [0.4, 0.5) is 0 Å². The molecule has 0 saturated carbocycles. The van der Waals surface area contributed by atoms with Crippen LogP contribution >= 0.6 is 0 Å². The Bertz CT molecular complexity index is 1800. The van der Waals surface area contributed by atoms with Crippen molar-refractivity contribution < 1.29 is 68.1 Å². The number of aliphatic carboxylic acids is 1. The van der Waals surface area contributed by atoms with Gasteiger partial charge in [-0.3, -0.25) is 47.9 Å². The van der Waals surface area contributed by atoms with Crippen LogP contribution in [0.3, 0.4) is 0 Å². The van der Waals surface area contributed by atoms with E-state index in [0.29, 0.717) is 25.8 Å². The number of primary amides is 1. The van der Waals surface area contributed by atoms with Gasteiger partial charge in [0.05, 0.1) is 25.8 Å². The van der Waals surface area contributed by atoms with Gasteiger partial charge in [0.1, 0.15) is 48.3 Å². The fourth-order valence-electron chi connectivity index (χ4n) is 6.79. The Morgan fingerprint density at radius 2 is 1.00 bits per heavy atom. The summed E-state index contributed by atoms with van der Waals surface area (Å²) in [7, 11) is 0. The third-order valence-electron chi connectivity index (χ3n) is 11.1. The van der Waals surface area contributed by atoms with Crippen molar-refractivity contribution in [2.24, 2.45) is 40.9 Å². The number of aliphatic hydroxyl groups is 2. The molecule has 0 bridgehead atoms. The average Bonchev–Trinajstić information content (AvgIpc) is 3.28. The second-order valence-electron chi connectivity index (χ2n) is 18.8.